The van der Waals surface area contributed by atoms with E-state index in [2.05, 4.69) is 12.2 Å². The molecule has 0 aliphatic rings. The second-order valence-corrected chi connectivity index (χ2v) is 4.29. The highest BCUT2D eigenvalue weighted by atomic mass is 35.5. The number of rotatable bonds is 11. The average molecular weight is 282 g/mol. The lowest BCUT2D eigenvalue weighted by molar-refractivity contribution is -0.143. The van der Waals surface area contributed by atoms with Crippen molar-refractivity contribution in [3.8, 4) is 0 Å². The van der Waals surface area contributed by atoms with Crippen LogP contribution in [0.3, 0.4) is 0 Å². The summed E-state index contributed by atoms with van der Waals surface area (Å²) in [5.74, 6) is -0.295. The van der Waals surface area contributed by atoms with Crippen molar-refractivity contribution in [2.45, 2.75) is 51.6 Å². The lowest BCUT2D eigenvalue weighted by Gasteiger charge is -2.08. The first-order valence-electron chi connectivity index (χ1n) is 6.54. The molecular formula is C12H28ClN3O2. The van der Waals surface area contributed by atoms with Crippen LogP contribution in [-0.4, -0.2) is 31.8 Å². The van der Waals surface area contributed by atoms with Gasteiger partial charge in [0.15, 0.2) is 0 Å². The van der Waals surface area contributed by atoms with E-state index in [-0.39, 0.29) is 31.5 Å². The molecule has 0 rings (SSSR count). The van der Waals surface area contributed by atoms with E-state index >= 15 is 0 Å². The van der Waals surface area contributed by atoms with E-state index in [1.807, 2.05) is 0 Å². The number of carbonyl (C=O) groups is 1. The molecule has 0 amide bonds. The minimum absolute atomic E-state index is 0. The quantitative estimate of drug-likeness (QED) is 0.300. The third kappa shape index (κ3) is 15.6. The smallest absolute Gasteiger partial charge is 0.320 e. The molecule has 0 aromatic rings. The van der Waals surface area contributed by atoms with Crippen molar-refractivity contribution < 1.29 is 9.53 Å². The Hall–Kier alpha value is -0.360. The molecule has 0 fully saturated rings. The third-order valence-electron chi connectivity index (χ3n) is 2.41. The van der Waals surface area contributed by atoms with Gasteiger partial charge in [-0.2, -0.15) is 0 Å². The third-order valence-corrected chi connectivity index (χ3v) is 2.41. The Bertz CT molecular complexity index is 192. The molecule has 6 heteroatoms. The zero-order valence-corrected chi connectivity index (χ0v) is 12.1. The molecule has 0 unspecified atom stereocenters. The molecule has 0 radical (unpaired) electrons. The molecule has 0 atom stereocenters. The summed E-state index contributed by atoms with van der Waals surface area (Å²) in [6, 6.07) is 0. The molecule has 110 valence electrons. The van der Waals surface area contributed by atoms with Gasteiger partial charge in [-0.3, -0.25) is 4.79 Å². The molecule has 0 aromatic carbocycles. The van der Waals surface area contributed by atoms with Crippen LogP contribution in [0.4, 0.5) is 0 Å². The number of ether oxygens (including phenoxy) is 1. The highest BCUT2D eigenvalue weighted by molar-refractivity contribution is 5.85. The van der Waals surface area contributed by atoms with Gasteiger partial charge in [-0.25, -0.2) is 0 Å². The monoisotopic (exact) mass is 281 g/mol. The number of nitrogens with one attached hydrogen (secondary N) is 1. The minimum atomic E-state index is -0.586. The van der Waals surface area contributed by atoms with Crippen LogP contribution in [0.15, 0.2) is 0 Å². The maximum absolute atomic E-state index is 11.1. The summed E-state index contributed by atoms with van der Waals surface area (Å²) in [4.78, 5) is 11.1. The first-order valence-corrected chi connectivity index (χ1v) is 6.54. The zero-order valence-electron chi connectivity index (χ0n) is 11.3. The van der Waals surface area contributed by atoms with E-state index in [0.29, 0.717) is 0 Å². The van der Waals surface area contributed by atoms with Crippen LogP contribution in [0.1, 0.15) is 45.4 Å². The van der Waals surface area contributed by atoms with Crippen LogP contribution >= 0.6 is 12.4 Å². The average Bonchev–Trinajstić information content (AvgIpc) is 2.30. The van der Waals surface area contributed by atoms with Crippen molar-refractivity contribution in [2.75, 3.05) is 19.7 Å². The molecule has 0 aromatic heterocycles. The standard InChI is InChI=1S/C12H27N3O2.ClH/c1-2-3-4-5-6-7-8-15-9-12(16)17-10-11(13)14;/h11,15H,2-10,13-14H2,1H3;1H. The summed E-state index contributed by atoms with van der Waals surface area (Å²) in [6.07, 6.45) is 6.92. The number of halogens is 1. The van der Waals surface area contributed by atoms with Crippen LogP contribution in [0.25, 0.3) is 0 Å². The van der Waals surface area contributed by atoms with Crippen LogP contribution in [0, 0.1) is 0 Å². The fraction of sp³-hybridized carbons (Fsp3) is 0.917. The van der Waals surface area contributed by atoms with Crippen molar-refractivity contribution >= 4 is 18.4 Å². The van der Waals surface area contributed by atoms with Gasteiger partial charge in [0.25, 0.3) is 0 Å². The van der Waals surface area contributed by atoms with E-state index in [9.17, 15) is 4.79 Å². The normalized spacial score (nSPS) is 10.2. The molecule has 5 N–H and O–H groups in total. The van der Waals surface area contributed by atoms with Gasteiger partial charge in [0.05, 0.1) is 12.7 Å². The van der Waals surface area contributed by atoms with E-state index in [1.54, 1.807) is 0 Å². The number of unbranched alkanes of at least 4 members (excludes halogenated alkanes) is 5. The Balaban J connectivity index is 0. The van der Waals surface area contributed by atoms with Crippen LogP contribution in [0.2, 0.25) is 0 Å². The van der Waals surface area contributed by atoms with Gasteiger partial charge in [-0.1, -0.05) is 39.0 Å². The van der Waals surface area contributed by atoms with Crippen LogP contribution < -0.4 is 16.8 Å². The predicted octanol–water partition coefficient (Wildman–Crippen LogP) is 1.15. The Morgan fingerprint density at radius 2 is 1.78 bits per heavy atom. The van der Waals surface area contributed by atoms with Gasteiger partial charge in [-0.15, -0.1) is 12.4 Å². The Morgan fingerprint density at radius 3 is 2.39 bits per heavy atom. The van der Waals surface area contributed by atoms with Gasteiger partial charge in [0.2, 0.25) is 0 Å². The lowest BCUT2D eigenvalue weighted by atomic mass is 10.1. The molecule has 0 heterocycles. The highest BCUT2D eigenvalue weighted by Gasteiger charge is 2.03. The first-order chi connectivity index (χ1) is 8.16. The van der Waals surface area contributed by atoms with Crippen LogP contribution in [-0.2, 0) is 9.53 Å². The first kappa shape index (κ1) is 20.0. The molecule has 0 aliphatic carbocycles. The Morgan fingerprint density at radius 1 is 1.17 bits per heavy atom. The van der Waals surface area contributed by atoms with Crippen molar-refractivity contribution in [3.05, 3.63) is 0 Å². The predicted molar refractivity (Wildman–Crippen MR) is 76.6 cm³/mol. The second-order valence-electron chi connectivity index (χ2n) is 4.29. The molecule has 0 saturated carbocycles. The molecule has 5 nitrogen and oxygen atoms in total. The number of nitrogens with two attached hydrogens (primary N) is 2. The number of carbonyl (C=O) groups excluding carboxylic acids is 1. The Labute approximate surface area is 116 Å². The molecule has 0 bridgehead atoms. The van der Waals surface area contributed by atoms with Crippen molar-refractivity contribution in [1.29, 1.82) is 0 Å². The fourth-order valence-electron chi connectivity index (χ4n) is 1.46. The second kappa shape index (κ2) is 14.7. The Kier molecular flexibility index (Phi) is 16.3. The maximum atomic E-state index is 11.1. The summed E-state index contributed by atoms with van der Waals surface area (Å²) in [7, 11) is 0. The number of hydrogen-bond acceptors (Lipinski definition) is 5. The summed E-state index contributed by atoms with van der Waals surface area (Å²) in [5, 5.41) is 3.04. The fourth-order valence-corrected chi connectivity index (χ4v) is 1.46. The largest absolute Gasteiger partial charge is 0.462 e. The van der Waals surface area contributed by atoms with Crippen molar-refractivity contribution in [3.63, 3.8) is 0 Å². The molecular weight excluding hydrogens is 254 g/mol. The SMILES string of the molecule is CCCCCCCCNCC(=O)OCC(N)N.Cl. The molecule has 18 heavy (non-hydrogen) atoms. The van der Waals surface area contributed by atoms with Crippen molar-refractivity contribution in [2.24, 2.45) is 11.5 Å². The van der Waals surface area contributed by atoms with E-state index in [1.165, 1.54) is 32.1 Å². The van der Waals surface area contributed by atoms with E-state index < -0.39 is 6.17 Å². The summed E-state index contributed by atoms with van der Waals surface area (Å²) in [6.45, 7) is 3.38. The minimum Gasteiger partial charge on any atom is -0.462 e. The van der Waals surface area contributed by atoms with Gasteiger partial charge >= 0.3 is 5.97 Å². The summed E-state index contributed by atoms with van der Waals surface area (Å²) < 4.78 is 4.81. The molecule has 0 saturated heterocycles. The highest BCUT2D eigenvalue weighted by Crippen LogP contribution is 2.03. The van der Waals surface area contributed by atoms with Gasteiger partial charge < -0.3 is 21.5 Å². The van der Waals surface area contributed by atoms with E-state index in [0.717, 1.165) is 13.0 Å². The summed E-state index contributed by atoms with van der Waals surface area (Å²) >= 11 is 0. The summed E-state index contributed by atoms with van der Waals surface area (Å²) in [5.41, 5.74) is 10.5. The topological polar surface area (TPSA) is 90.4 Å². The maximum Gasteiger partial charge on any atom is 0.320 e. The van der Waals surface area contributed by atoms with E-state index in [4.69, 9.17) is 16.2 Å². The van der Waals surface area contributed by atoms with Gasteiger partial charge in [0, 0.05) is 0 Å². The van der Waals surface area contributed by atoms with Crippen molar-refractivity contribution in [1.82, 2.24) is 5.32 Å². The molecule has 0 aliphatic heterocycles. The van der Waals surface area contributed by atoms with Crippen LogP contribution in [0.5, 0.6) is 0 Å². The number of hydrogen-bond donors (Lipinski definition) is 3. The molecule has 0 spiro atoms. The van der Waals surface area contributed by atoms with Gasteiger partial charge in [0.1, 0.15) is 6.61 Å². The van der Waals surface area contributed by atoms with Gasteiger partial charge in [-0.05, 0) is 13.0 Å². The number of esters is 1. The zero-order chi connectivity index (χ0) is 12.9. The lowest BCUT2D eigenvalue weighted by Crippen LogP contribution is -2.37.